The predicted octanol–water partition coefficient (Wildman–Crippen LogP) is 2.50. The van der Waals surface area contributed by atoms with E-state index in [1.807, 2.05) is 18.2 Å². The summed E-state index contributed by atoms with van der Waals surface area (Å²) in [4.78, 5) is -0.342. The number of aryl methyl sites for hydroxylation is 2. The largest absolute Gasteiger partial charge is 0.412 e. The van der Waals surface area contributed by atoms with Crippen LogP contribution in [0.1, 0.15) is 11.1 Å². The lowest BCUT2D eigenvalue weighted by atomic mass is 10.2. The number of benzene rings is 2. The molecule has 8 heteroatoms. The van der Waals surface area contributed by atoms with Crippen LogP contribution >= 0.6 is 0 Å². The summed E-state index contributed by atoms with van der Waals surface area (Å²) in [6.07, 6.45) is 0. The fourth-order valence-electron chi connectivity index (χ4n) is 1.39. The molecule has 0 aromatic heterocycles. The molecular weight excluding hydrogens is 328 g/mol. The fraction of sp³-hybridized carbons (Fsp3) is 0.143. The van der Waals surface area contributed by atoms with Crippen molar-refractivity contribution in [2.45, 2.75) is 18.7 Å². The minimum atomic E-state index is -5.03. The van der Waals surface area contributed by atoms with Gasteiger partial charge in [0.2, 0.25) is 0 Å². The van der Waals surface area contributed by atoms with Gasteiger partial charge in [-0.25, -0.2) is 0 Å². The Bertz CT molecular complexity index is 794. The van der Waals surface area contributed by atoms with E-state index in [-0.39, 0.29) is 4.90 Å². The minimum Gasteiger partial charge on any atom is -0.263 e. The van der Waals surface area contributed by atoms with Gasteiger partial charge in [-0.2, -0.15) is 16.8 Å². The van der Waals surface area contributed by atoms with Crippen LogP contribution in [0.25, 0.3) is 0 Å². The van der Waals surface area contributed by atoms with Gasteiger partial charge in [-0.1, -0.05) is 53.6 Å². The van der Waals surface area contributed by atoms with Crippen molar-refractivity contribution >= 4 is 20.5 Å². The monoisotopic (exact) mass is 344 g/mol. The fourth-order valence-corrected chi connectivity index (χ4v) is 3.08. The lowest BCUT2D eigenvalue weighted by molar-refractivity contribution is 0.383. The molecule has 22 heavy (non-hydrogen) atoms. The number of hydrogen-bond donors (Lipinski definition) is 1. The Kier molecular flexibility index (Phi) is 6.24. The van der Waals surface area contributed by atoms with E-state index in [4.69, 9.17) is 4.55 Å². The first-order chi connectivity index (χ1) is 10.1. The zero-order valence-electron chi connectivity index (χ0n) is 12.0. The summed E-state index contributed by atoms with van der Waals surface area (Å²) < 4.78 is 54.7. The van der Waals surface area contributed by atoms with Crippen LogP contribution in [-0.2, 0) is 24.1 Å². The van der Waals surface area contributed by atoms with Crippen LogP contribution in [0.2, 0.25) is 0 Å². The molecule has 0 bridgehead atoms. The van der Waals surface area contributed by atoms with Crippen LogP contribution in [0, 0.1) is 13.8 Å². The molecule has 1 N–H and O–H groups in total. The Labute approximate surface area is 130 Å². The highest BCUT2D eigenvalue weighted by molar-refractivity contribution is 7.97. The van der Waals surface area contributed by atoms with E-state index in [2.05, 4.69) is 22.7 Å². The van der Waals surface area contributed by atoms with Crippen LogP contribution < -0.4 is 0 Å². The van der Waals surface area contributed by atoms with Gasteiger partial charge in [-0.3, -0.25) is 4.55 Å². The normalized spacial score (nSPS) is 11.4. The van der Waals surface area contributed by atoms with Gasteiger partial charge < -0.3 is 0 Å². The Morgan fingerprint density at radius 2 is 1.23 bits per heavy atom. The molecule has 2 rings (SSSR count). The summed E-state index contributed by atoms with van der Waals surface area (Å²) in [5.74, 6) is 0. The standard InChI is InChI=1S/C7H8O6S2.C7H8/c1-6-2-4-7(5-3-6)14(8,9)13-15(10,11)12;1-7-5-3-2-4-6-7/h2-5H,1H3,(H,10,11,12);2-6H,1H3. The van der Waals surface area contributed by atoms with Crippen LogP contribution in [0.15, 0.2) is 59.5 Å². The SMILES string of the molecule is Cc1ccc(S(=O)(=O)OS(=O)(=O)O)cc1.Cc1ccccc1. The third kappa shape index (κ3) is 6.81. The maximum Gasteiger partial charge on any atom is 0.412 e. The van der Waals surface area contributed by atoms with E-state index in [0.29, 0.717) is 0 Å². The topological polar surface area (TPSA) is 97.7 Å². The molecule has 0 fully saturated rings. The van der Waals surface area contributed by atoms with Gasteiger partial charge in [0.05, 0.1) is 4.90 Å². The molecule has 0 atom stereocenters. The van der Waals surface area contributed by atoms with Crippen molar-refractivity contribution in [2.24, 2.45) is 0 Å². The third-order valence-electron chi connectivity index (χ3n) is 2.43. The molecule has 0 unspecified atom stereocenters. The van der Waals surface area contributed by atoms with Crippen molar-refractivity contribution in [3.05, 3.63) is 65.7 Å². The first-order valence-corrected chi connectivity index (χ1v) is 8.89. The van der Waals surface area contributed by atoms with E-state index < -0.39 is 20.5 Å². The van der Waals surface area contributed by atoms with Crippen LogP contribution in [0.3, 0.4) is 0 Å². The molecule has 0 aliphatic rings. The van der Waals surface area contributed by atoms with Gasteiger partial charge in [0.1, 0.15) is 0 Å². The average molecular weight is 344 g/mol. The van der Waals surface area contributed by atoms with Crippen molar-refractivity contribution in [1.29, 1.82) is 0 Å². The smallest absolute Gasteiger partial charge is 0.263 e. The molecule has 0 amide bonds. The van der Waals surface area contributed by atoms with Gasteiger partial charge in [-0.15, -0.1) is 3.63 Å². The van der Waals surface area contributed by atoms with Crippen molar-refractivity contribution in [3.8, 4) is 0 Å². The molecule has 0 aliphatic carbocycles. The van der Waals surface area contributed by atoms with Crippen molar-refractivity contribution in [3.63, 3.8) is 0 Å². The summed E-state index contributed by atoms with van der Waals surface area (Å²) in [5.41, 5.74) is 2.13. The molecule has 2 aromatic rings. The summed E-state index contributed by atoms with van der Waals surface area (Å²) in [5, 5.41) is 0. The summed E-state index contributed by atoms with van der Waals surface area (Å²) >= 11 is 0. The van der Waals surface area contributed by atoms with Crippen molar-refractivity contribution in [2.75, 3.05) is 0 Å². The number of hydrogen-bond acceptors (Lipinski definition) is 5. The quantitative estimate of drug-likeness (QED) is 0.859. The Morgan fingerprint density at radius 1 is 0.773 bits per heavy atom. The first-order valence-electron chi connectivity index (χ1n) is 6.12. The summed E-state index contributed by atoms with van der Waals surface area (Å²) in [6, 6.07) is 15.6. The van der Waals surface area contributed by atoms with Crippen LogP contribution in [-0.4, -0.2) is 21.4 Å². The first kappa shape index (κ1) is 18.3. The predicted molar refractivity (Wildman–Crippen MR) is 82.2 cm³/mol. The van der Waals surface area contributed by atoms with Gasteiger partial charge >= 0.3 is 20.5 Å². The van der Waals surface area contributed by atoms with Crippen molar-refractivity contribution in [1.82, 2.24) is 0 Å². The molecule has 120 valence electrons. The lowest BCUT2D eigenvalue weighted by Crippen LogP contribution is -2.12. The van der Waals surface area contributed by atoms with E-state index in [9.17, 15) is 16.8 Å². The molecule has 6 nitrogen and oxygen atoms in total. The maximum atomic E-state index is 11.2. The van der Waals surface area contributed by atoms with Crippen LogP contribution in [0.4, 0.5) is 0 Å². The van der Waals surface area contributed by atoms with E-state index in [1.165, 1.54) is 29.8 Å². The van der Waals surface area contributed by atoms with Crippen molar-refractivity contribution < 1.29 is 25.0 Å². The van der Waals surface area contributed by atoms with E-state index >= 15 is 0 Å². The van der Waals surface area contributed by atoms with Gasteiger partial charge in [0.25, 0.3) is 0 Å². The molecular formula is C14H16O6S2. The minimum absolute atomic E-state index is 0.342. The Balaban J connectivity index is 0.000000287. The molecule has 0 heterocycles. The molecule has 0 saturated heterocycles. The molecule has 0 aliphatic heterocycles. The van der Waals surface area contributed by atoms with Crippen LogP contribution in [0.5, 0.6) is 0 Å². The second kappa shape index (κ2) is 7.50. The zero-order valence-corrected chi connectivity index (χ0v) is 13.6. The van der Waals surface area contributed by atoms with E-state index in [0.717, 1.165) is 5.56 Å². The van der Waals surface area contributed by atoms with Gasteiger partial charge in [0, 0.05) is 0 Å². The van der Waals surface area contributed by atoms with Gasteiger partial charge in [-0.05, 0) is 26.0 Å². The Hall–Kier alpha value is -1.74. The number of rotatable bonds is 3. The summed E-state index contributed by atoms with van der Waals surface area (Å²) in [7, 11) is -9.50. The summed E-state index contributed by atoms with van der Waals surface area (Å²) in [6.45, 7) is 3.82. The average Bonchev–Trinajstić information content (AvgIpc) is 2.38. The highest BCUT2D eigenvalue weighted by Gasteiger charge is 2.22. The second-order valence-electron chi connectivity index (χ2n) is 4.42. The third-order valence-corrected chi connectivity index (χ3v) is 4.68. The maximum absolute atomic E-state index is 11.2. The van der Waals surface area contributed by atoms with E-state index in [1.54, 1.807) is 6.92 Å². The zero-order chi connectivity index (χ0) is 16.8. The highest BCUT2D eigenvalue weighted by Crippen LogP contribution is 2.14. The molecule has 2 aromatic carbocycles. The Morgan fingerprint density at radius 3 is 1.59 bits per heavy atom. The molecule has 0 radical (unpaired) electrons. The molecule has 0 spiro atoms. The van der Waals surface area contributed by atoms with Gasteiger partial charge in [0.15, 0.2) is 0 Å². The molecule has 0 saturated carbocycles. The highest BCUT2D eigenvalue weighted by atomic mass is 32.3. The second-order valence-corrected chi connectivity index (χ2v) is 7.20. The lowest BCUT2D eigenvalue weighted by Gasteiger charge is -2.01.